The summed E-state index contributed by atoms with van der Waals surface area (Å²) in [6.45, 7) is 0.613. The number of carbonyl (C=O) groups is 1. The van der Waals surface area contributed by atoms with Crippen LogP contribution in [0.5, 0.6) is 0 Å². The summed E-state index contributed by atoms with van der Waals surface area (Å²) in [6.07, 6.45) is 4.16. The molecule has 5 heteroatoms. The summed E-state index contributed by atoms with van der Waals surface area (Å²) in [4.78, 5) is 14.5. The van der Waals surface area contributed by atoms with Crippen molar-refractivity contribution in [3.8, 4) is 0 Å². The van der Waals surface area contributed by atoms with Gasteiger partial charge in [0.15, 0.2) is 0 Å². The van der Waals surface area contributed by atoms with Crippen LogP contribution in [0.25, 0.3) is 11.0 Å². The predicted molar refractivity (Wildman–Crippen MR) is 54.4 cm³/mol. The van der Waals surface area contributed by atoms with Crippen LogP contribution >= 0.6 is 0 Å². The molecule has 0 spiro atoms. The summed E-state index contributed by atoms with van der Waals surface area (Å²) < 4.78 is 1.78. The van der Waals surface area contributed by atoms with E-state index in [9.17, 15) is 4.79 Å². The Kier molecular flexibility index (Phi) is 2.62. The zero-order valence-corrected chi connectivity index (χ0v) is 8.13. The number of hydrogen-bond acceptors (Lipinski definition) is 3. The van der Waals surface area contributed by atoms with Gasteiger partial charge in [0.25, 0.3) is 0 Å². The first-order valence-corrected chi connectivity index (χ1v) is 4.76. The summed E-state index contributed by atoms with van der Waals surface area (Å²) in [5, 5.41) is 12.7. The highest BCUT2D eigenvalue weighted by Gasteiger charge is 2.03. The minimum atomic E-state index is -0.774. The van der Waals surface area contributed by atoms with E-state index >= 15 is 0 Å². The van der Waals surface area contributed by atoms with Crippen LogP contribution in [-0.2, 0) is 11.3 Å². The van der Waals surface area contributed by atoms with E-state index < -0.39 is 5.97 Å². The van der Waals surface area contributed by atoms with E-state index in [1.165, 1.54) is 0 Å². The van der Waals surface area contributed by atoms with Gasteiger partial charge in [-0.05, 0) is 18.6 Å². The van der Waals surface area contributed by atoms with Gasteiger partial charge in [-0.2, -0.15) is 5.10 Å². The molecule has 0 saturated carbocycles. The molecule has 0 saturated heterocycles. The third-order valence-corrected chi connectivity index (χ3v) is 2.17. The Balaban J connectivity index is 2.11. The molecule has 2 heterocycles. The van der Waals surface area contributed by atoms with E-state index in [1.54, 1.807) is 17.1 Å². The van der Waals surface area contributed by atoms with Gasteiger partial charge in [0, 0.05) is 19.2 Å². The number of aryl methyl sites for hydroxylation is 1. The van der Waals surface area contributed by atoms with Crippen molar-refractivity contribution in [2.75, 3.05) is 0 Å². The zero-order valence-electron chi connectivity index (χ0n) is 8.13. The molecule has 0 aliphatic rings. The first kappa shape index (κ1) is 9.64. The molecule has 2 rings (SSSR count). The summed E-state index contributed by atoms with van der Waals surface area (Å²) >= 11 is 0. The van der Waals surface area contributed by atoms with Gasteiger partial charge >= 0.3 is 5.97 Å². The number of pyridine rings is 1. The first-order chi connectivity index (χ1) is 7.27. The lowest BCUT2D eigenvalue weighted by Gasteiger charge is -2.00. The van der Waals surface area contributed by atoms with E-state index in [-0.39, 0.29) is 6.42 Å². The normalized spacial score (nSPS) is 10.7. The van der Waals surface area contributed by atoms with Gasteiger partial charge in [0.2, 0.25) is 0 Å². The van der Waals surface area contributed by atoms with Crippen LogP contribution in [0.3, 0.4) is 0 Å². The van der Waals surface area contributed by atoms with Gasteiger partial charge in [0.1, 0.15) is 5.52 Å². The molecular formula is C10H11N3O2. The summed E-state index contributed by atoms with van der Waals surface area (Å²) in [6, 6.07) is 3.77. The van der Waals surface area contributed by atoms with E-state index in [0.717, 1.165) is 11.0 Å². The predicted octanol–water partition coefficient (Wildman–Crippen LogP) is 1.30. The molecule has 0 bridgehead atoms. The Morgan fingerprint density at radius 2 is 2.40 bits per heavy atom. The van der Waals surface area contributed by atoms with Gasteiger partial charge in [-0.1, -0.05) is 0 Å². The number of fused-ring (bicyclic) bond motifs is 1. The fourth-order valence-corrected chi connectivity index (χ4v) is 1.47. The lowest BCUT2D eigenvalue weighted by atomic mass is 10.3. The molecule has 5 nitrogen and oxygen atoms in total. The van der Waals surface area contributed by atoms with Crippen LogP contribution in [0, 0.1) is 0 Å². The molecule has 0 aromatic carbocycles. The number of carboxylic acids is 1. The fourth-order valence-electron chi connectivity index (χ4n) is 1.47. The maximum Gasteiger partial charge on any atom is 0.303 e. The Morgan fingerprint density at radius 3 is 3.20 bits per heavy atom. The molecule has 1 N–H and O–H groups in total. The van der Waals surface area contributed by atoms with E-state index in [2.05, 4.69) is 10.1 Å². The molecule has 0 aliphatic heterocycles. The Bertz CT molecular complexity index is 478. The average molecular weight is 205 g/mol. The number of carboxylic acid groups (broad SMARTS) is 1. The lowest BCUT2D eigenvalue weighted by Crippen LogP contribution is -2.03. The Morgan fingerprint density at radius 1 is 1.53 bits per heavy atom. The van der Waals surface area contributed by atoms with Crippen LogP contribution in [0.15, 0.2) is 24.5 Å². The van der Waals surface area contributed by atoms with Crippen LogP contribution in [-0.4, -0.2) is 25.8 Å². The van der Waals surface area contributed by atoms with Crippen LogP contribution in [0.1, 0.15) is 12.8 Å². The molecule has 15 heavy (non-hydrogen) atoms. The van der Waals surface area contributed by atoms with Gasteiger partial charge < -0.3 is 5.11 Å². The van der Waals surface area contributed by atoms with E-state index in [1.807, 2.05) is 12.1 Å². The Labute approximate surface area is 86.4 Å². The second-order valence-corrected chi connectivity index (χ2v) is 3.27. The van der Waals surface area contributed by atoms with Crippen LogP contribution < -0.4 is 0 Å². The van der Waals surface area contributed by atoms with Crippen molar-refractivity contribution in [2.24, 2.45) is 0 Å². The van der Waals surface area contributed by atoms with Crippen molar-refractivity contribution >= 4 is 17.0 Å². The molecule has 0 aliphatic carbocycles. The molecule has 0 radical (unpaired) electrons. The van der Waals surface area contributed by atoms with Crippen molar-refractivity contribution in [1.82, 2.24) is 14.8 Å². The maximum absolute atomic E-state index is 10.3. The minimum Gasteiger partial charge on any atom is -0.481 e. The Hall–Kier alpha value is -1.91. The monoisotopic (exact) mass is 205 g/mol. The summed E-state index contributed by atoms with van der Waals surface area (Å²) in [7, 11) is 0. The number of nitrogens with zero attached hydrogens (tertiary/aromatic N) is 3. The molecule has 0 amide bonds. The number of aliphatic carboxylic acids is 1. The number of hydrogen-bond donors (Lipinski definition) is 1. The third-order valence-electron chi connectivity index (χ3n) is 2.17. The lowest BCUT2D eigenvalue weighted by molar-refractivity contribution is -0.137. The maximum atomic E-state index is 10.3. The standard InChI is InChI=1S/C10H11N3O2/c14-10(15)4-2-6-13-9-3-1-5-11-8(9)7-12-13/h1,3,5,7H,2,4,6H2,(H,14,15). The van der Waals surface area contributed by atoms with Crippen molar-refractivity contribution in [3.63, 3.8) is 0 Å². The molecule has 0 unspecified atom stereocenters. The topological polar surface area (TPSA) is 68.0 Å². The number of rotatable bonds is 4. The molecule has 2 aromatic rings. The largest absolute Gasteiger partial charge is 0.481 e. The van der Waals surface area contributed by atoms with Gasteiger partial charge in [0.05, 0.1) is 11.7 Å². The van der Waals surface area contributed by atoms with Crippen molar-refractivity contribution < 1.29 is 9.90 Å². The van der Waals surface area contributed by atoms with Crippen molar-refractivity contribution in [1.29, 1.82) is 0 Å². The van der Waals surface area contributed by atoms with Crippen molar-refractivity contribution in [3.05, 3.63) is 24.5 Å². The summed E-state index contributed by atoms with van der Waals surface area (Å²) in [5.41, 5.74) is 1.79. The minimum absolute atomic E-state index is 0.168. The quantitative estimate of drug-likeness (QED) is 0.816. The molecule has 78 valence electrons. The van der Waals surface area contributed by atoms with E-state index in [0.29, 0.717) is 13.0 Å². The number of aromatic nitrogens is 3. The molecular weight excluding hydrogens is 194 g/mol. The highest BCUT2D eigenvalue weighted by Crippen LogP contribution is 2.10. The molecule has 2 aromatic heterocycles. The fraction of sp³-hybridized carbons (Fsp3) is 0.300. The van der Waals surface area contributed by atoms with Gasteiger partial charge in [-0.3, -0.25) is 14.5 Å². The smallest absolute Gasteiger partial charge is 0.303 e. The van der Waals surface area contributed by atoms with Gasteiger partial charge in [-0.15, -0.1) is 0 Å². The second-order valence-electron chi connectivity index (χ2n) is 3.27. The highest BCUT2D eigenvalue weighted by atomic mass is 16.4. The second kappa shape index (κ2) is 4.08. The van der Waals surface area contributed by atoms with Crippen LogP contribution in [0.4, 0.5) is 0 Å². The highest BCUT2D eigenvalue weighted by molar-refractivity contribution is 5.73. The summed E-state index contributed by atoms with van der Waals surface area (Å²) in [5.74, 6) is -0.774. The average Bonchev–Trinajstić information content (AvgIpc) is 2.62. The molecule has 0 fully saturated rings. The third kappa shape index (κ3) is 2.12. The van der Waals surface area contributed by atoms with Crippen molar-refractivity contribution in [2.45, 2.75) is 19.4 Å². The SMILES string of the molecule is O=C(O)CCCn1ncc2ncccc21. The van der Waals surface area contributed by atoms with E-state index in [4.69, 9.17) is 5.11 Å². The first-order valence-electron chi connectivity index (χ1n) is 4.76. The zero-order chi connectivity index (χ0) is 10.7. The van der Waals surface area contributed by atoms with Crippen LogP contribution in [0.2, 0.25) is 0 Å². The molecule has 0 atom stereocenters. The van der Waals surface area contributed by atoms with Gasteiger partial charge in [-0.25, -0.2) is 0 Å².